The third kappa shape index (κ3) is 3.86. The number of likely N-dealkylation sites (tertiary alicyclic amines) is 1. The predicted molar refractivity (Wildman–Crippen MR) is 145 cm³/mol. The molecule has 5 atom stereocenters. The number of phenols is 1. The van der Waals surface area contributed by atoms with E-state index >= 15 is 0 Å². The fourth-order valence-electron chi connectivity index (χ4n) is 7.35. The Kier molecular flexibility index (Phi) is 6.96. The van der Waals surface area contributed by atoms with Crippen LogP contribution in [0.5, 0.6) is 11.5 Å². The Morgan fingerprint density at radius 1 is 1.27 bits per heavy atom. The van der Waals surface area contributed by atoms with Gasteiger partial charge in [-0.2, -0.15) is 0 Å². The number of amides is 1. The van der Waals surface area contributed by atoms with Gasteiger partial charge in [0.1, 0.15) is 28.6 Å². The molecule has 0 unspecified atom stereocenters. The maximum atomic E-state index is 14.0. The molecule has 1 aromatic rings. The highest BCUT2D eigenvalue weighted by atomic mass is 16.5. The van der Waals surface area contributed by atoms with Gasteiger partial charge in [0, 0.05) is 34.7 Å². The van der Waals surface area contributed by atoms with Gasteiger partial charge in [0.2, 0.25) is 5.78 Å². The maximum absolute atomic E-state index is 14.0. The summed E-state index contributed by atoms with van der Waals surface area (Å²) in [6, 6.07) is 0.123. The van der Waals surface area contributed by atoms with Crippen LogP contribution in [0.2, 0.25) is 0 Å². The Balaban J connectivity index is 1.70. The number of ether oxygens (including phenoxy) is 1. The van der Waals surface area contributed by atoms with Crippen molar-refractivity contribution in [1.29, 1.82) is 0 Å². The van der Waals surface area contributed by atoms with Crippen LogP contribution in [0.15, 0.2) is 23.0 Å². The molecule has 4 aliphatic rings. The van der Waals surface area contributed by atoms with Crippen molar-refractivity contribution < 1.29 is 39.5 Å². The number of fused-ring (bicyclic) bond motifs is 3. The summed E-state index contributed by atoms with van der Waals surface area (Å²) in [5.41, 5.74) is 3.06. The first-order valence-corrected chi connectivity index (χ1v) is 13.8. The van der Waals surface area contributed by atoms with Crippen LogP contribution in [-0.2, 0) is 20.8 Å². The van der Waals surface area contributed by atoms with Gasteiger partial charge in [-0.1, -0.05) is 20.8 Å². The van der Waals surface area contributed by atoms with Crippen molar-refractivity contribution in [3.63, 3.8) is 0 Å². The Hall–Kier alpha value is -3.41. The van der Waals surface area contributed by atoms with E-state index in [-0.39, 0.29) is 41.8 Å². The zero-order valence-corrected chi connectivity index (χ0v) is 23.2. The second kappa shape index (κ2) is 9.90. The van der Waals surface area contributed by atoms with Gasteiger partial charge in [-0.25, -0.2) is 0 Å². The number of aromatic hydroxyl groups is 1. The molecule has 1 amide bonds. The minimum absolute atomic E-state index is 0.0198. The Morgan fingerprint density at radius 3 is 2.58 bits per heavy atom. The van der Waals surface area contributed by atoms with Crippen LogP contribution in [0, 0.1) is 11.8 Å². The van der Waals surface area contributed by atoms with Crippen LogP contribution in [0.4, 0.5) is 0 Å². The molecule has 11 nitrogen and oxygen atoms in total. The summed E-state index contributed by atoms with van der Waals surface area (Å²) in [4.78, 5) is 41.8. The second-order valence-corrected chi connectivity index (χ2v) is 11.5. The highest BCUT2D eigenvalue weighted by Gasteiger charge is 2.63. The summed E-state index contributed by atoms with van der Waals surface area (Å²) in [5.74, 6) is -6.25. The van der Waals surface area contributed by atoms with Crippen molar-refractivity contribution in [2.75, 3.05) is 20.2 Å². The van der Waals surface area contributed by atoms with Crippen molar-refractivity contribution in [1.82, 2.24) is 10.2 Å². The number of rotatable bonds is 6. The number of methoxy groups -OCH3 is 1. The van der Waals surface area contributed by atoms with E-state index in [9.17, 15) is 34.8 Å². The summed E-state index contributed by atoms with van der Waals surface area (Å²) < 4.78 is 5.86. The molecule has 7 N–H and O–H groups in total. The van der Waals surface area contributed by atoms with Gasteiger partial charge in [0.15, 0.2) is 11.4 Å². The molecule has 1 saturated heterocycles. The molecule has 1 saturated carbocycles. The van der Waals surface area contributed by atoms with E-state index in [1.807, 2.05) is 0 Å². The number of nitrogens with zero attached hydrogens (tertiary/aromatic N) is 1. The number of benzene rings is 1. The number of ketones is 2. The fraction of sp³-hybridized carbons (Fsp3) is 0.552. The number of carbonyl (C=O) groups is 3. The number of primary amides is 1. The molecule has 1 heterocycles. The Bertz CT molecular complexity index is 1370. The molecule has 1 aliphatic heterocycles. The van der Waals surface area contributed by atoms with Crippen molar-refractivity contribution in [2.24, 2.45) is 17.6 Å². The number of phenolic OH excluding ortho intramolecular Hbond substituents is 1. The van der Waals surface area contributed by atoms with Gasteiger partial charge in [0.05, 0.1) is 18.7 Å². The smallest absolute Gasteiger partial charge is 0.255 e. The lowest BCUT2D eigenvalue weighted by molar-refractivity contribution is -0.150. The van der Waals surface area contributed by atoms with Crippen LogP contribution in [0.1, 0.15) is 62.8 Å². The predicted octanol–water partition coefficient (Wildman–Crippen LogP) is 1.57. The molecular weight excluding hydrogens is 518 g/mol. The highest BCUT2D eigenvalue weighted by molar-refractivity contribution is 6.24. The fourth-order valence-corrected chi connectivity index (χ4v) is 7.35. The lowest BCUT2D eigenvalue weighted by atomic mass is 9.57. The number of aliphatic hydroxyl groups is 3. The van der Waals surface area contributed by atoms with E-state index in [1.165, 1.54) is 7.11 Å². The molecule has 1 aromatic carbocycles. The van der Waals surface area contributed by atoms with Crippen molar-refractivity contribution in [3.8, 4) is 11.5 Å². The molecule has 11 heteroatoms. The Morgan fingerprint density at radius 2 is 1.98 bits per heavy atom. The number of hydrogen-bond acceptors (Lipinski definition) is 10. The van der Waals surface area contributed by atoms with Gasteiger partial charge < -0.3 is 36.2 Å². The van der Waals surface area contributed by atoms with Gasteiger partial charge in [0.25, 0.3) is 5.91 Å². The quantitative estimate of drug-likeness (QED) is 0.282. The largest absolute Gasteiger partial charge is 0.508 e. The standard InChI is InChI=1S/C29H37N3O8/c1-5-32-8-6-7-17(32)14-11-18(33)20-15(25(14)40-4)9-13-10-16-22(31-12(2)3)24(35)21(28(30)38)27(37)29(16,39)26(36)19(13)23(20)34/h11-13,16-17,22,31,33-34,37,39H,5-10H2,1-4H3,(H2,30,38)/t13-,16-,17-,22-,29-/m0/s1. The zero-order chi connectivity index (χ0) is 29.3. The summed E-state index contributed by atoms with van der Waals surface area (Å²) in [6.45, 7) is 7.34. The van der Waals surface area contributed by atoms with E-state index in [0.29, 0.717) is 11.3 Å². The summed E-state index contributed by atoms with van der Waals surface area (Å²) in [5, 5.41) is 48.4. The molecule has 2 fully saturated rings. The number of hydrogen-bond donors (Lipinski definition) is 6. The topological polar surface area (TPSA) is 183 Å². The van der Waals surface area contributed by atoms with Crippen molar-refractivity contribution >= 4 is 23.2 Å². The molecule has 40 heavy (non-hydrogen) atoms. The molecule has 5 rings (SSSR count). The number of nitrogens with one attached hydrogen (secondary N) is 1. The zero-order valence-electron chi connectivity index (χ0n) is 23.2. The number of Topliss-reactive ketones (excluding diaryl/α,β-unsaturated/α-hetero) is 2. The third-order valence-corrected chi connectivity index (χ3v) is 9.02. The lowest BCUT2D eigenvalue weighted by Gasteiger charge is -2.49. The molecule has 0 bridgehead atoms. The molecule has 216 valence electrons. The van der Waals surface area contributed by atoms with Crippen LogP contribution in [0.25, 0.3) is 5.76 Å². The van der Waals surface area contributed by atoms with Crippen LogP contribution >= 0.6 is 0 Å². The minimum Gasteiger partial charge on any atom is -0.508 e. The molecule has 3 aliphatic carbocycles. The monoisotopic (exact) mass is 555 g/mol. The van der Waals surface area contributed by atoms with Gasteiger partial charge in [-0.3, -0.25) is 19.3 Å². The molecule has 0 radical (unpaired) electrons. The van der Waals surface area contributed by atoms with Crippen molar-refractivity contribution in [3.05, 3.63) is 39.7 Å². The van der Waals surface area contributed by atoms with E-state index in [0.717, 1.165) is 31.5 Å². The SMILES string of the molecule is CCN1CCC[C@H]1c1cc(O)c2c(c1OC)C[C@H]1C[C@H]3[C@H](NC(C)C)C(=O)C(C(N)=O)=C(O)[C@@]3(O)C(=O)C1=C2O. The number of nitrogens with two attached hydrogens (primary N) is 1. The maximum Gasteiger partial charge on any atom is 0.255 e. The number of aliphatic hydroxyl groups excluding tert-OH is 2. The van der Waals surface area contributed by atoms with Gasteiger partial charge in [-0.15, -0.1) is 0 Å². The van der Waals surface area contributed by atoms with Gasteiger partial charge in [-0.05, 0) is 50.8 Å². The molecular formula is C29H37N3O8. The van der Waals surface area contributed by atoms with E-state index < -0.39 is 58.0 Å². The third-order valence-electron chi connectivity index (χ3n) is 9.02. The van der Waals surface area contributed by atoms with Crippen LogP contribution in [-0.4, -0.2) is 80.7 Å². The average molecular weight is 556 g/mol. The first-order chi connectivity index (χ1) is 18.9. The van der Waals surface area contributed by atoms with Crippen LogP contribution in [0.3, 0.4) is 0 Å². The first-order valence-electron chi connectivity index (χ1n) is 13.8. The van der Waals surface area contributed by atoms with Crippen LogP contribution < -0.4 is 15.8 Å². The van der Waals surface area contributed by atoms with E-state index in [1.54, 1.807) is 19.9 Å². The highest BCUT2D eigenvalue weighted by Crippen LogP contribution is 2.54. The summed E-state index contributed by atoms with van der Waals surface area (Å²) in [6.07, 6.45) is 2.08. The second-order valence-electron chi connectivity index (χ2n) is 11.5. The molecule has 0 aromatic heterocycles. The summed E-state index contributed by atoms with van der Waals surface area (Å²) in [7, 11) is 1.53. The van der Waals surface area contributed by atoms with E-state index in [2.05, 4.69) is 17.1 Å². The van der Waals surface area contributed by atoms with E-state index in [4.69, 9.17) is 10.5 Å². The normalized spacial score (nSPS) is 30.4. The Labute approximate surface area is 232 Å². The van der Waals surface area contributed by atoms with Crippen molar-refractivity contribution in [2.45, 2.75) is 70.2 Å². The minimum atomic E-state index is -2.67. The summed E-state index contributed by atoms with van der Waals surface area (Å²) >= 11 is 0. The van der Waals surface area contributed by atoms with Gasteiger partial charge >= 0.3 is 0 Å². The average Bonchev–Trinajstić information content (AvgIpc) is 3.36. The number of carbonyl (C=O) groups excluding carboxylic acids is 3. The lowest BCUT2D eigenvalue weighted by Crippen LogP contribution is -2.66. The molecule has 0 spiro atoms. The first kappa shape index (κ1) is 28.1.